The molecular weight excluding hydrogens is 291 g/mol. The number of halogens is 1. The average Bonchev–Trinajstić information content (AvgIpc) is 2.47. The van der Waals surface area contributed by atoms with E-state index in [-0.39, 0.29) is 4.90 Å². The molecule has 0 heterocycles. The van der Waals surface area contributed by atoms with E-state index in [1.807, 2.05) is 0 Å². The number of sulfonamides is 1. The first-order valence-electron chi connectivity index (χ1n) is 6.24. The fraction of sp³-hybridized carbons (Fsp3) is 0.0667. The highest BCUT2D eigenvalue weighted by Crippen LogP contribution is 2.18. The smallest absolute Gasteiger partial charge is 0.261 e. The molecule has 0 aliphatic carbocycles. The van der Waals surface area contributed by atoms with Gasteiger partial charge in [-0.15, -0.1) is 6.58 Å². The van der Waals surface area contributed by atoms with Crippen LogP contribution in [-0.4, -0.2) is 15.0 Å². The van der Waals surface area contributed by atoms with E-state index in [0.717, 1.165) is 17.8 Å². The van der Waals surface area contributed by atoms with E-state index in [4.69, 9.17) is 0 Å². The van der Waals surface area contributed by atoms with Crippen LogP contribution in [0.1, 0.15) is 0 Å². The van der Waals surface area contributed by atoms with E-state index in [1.54, 1.807) is 30.3 Å². The first kappa shape index (κ1) is 15.1. The summed E-state index contributed by atoms with van der Waals surface area (Å²) < 4.78 is 39.5. The maximum absolute atomic E-state index is 12.8. The number of rotatable bonds is 6. The molecule has 0 amide bonds. The van der Waals surface area contributed by atoms with E-state index in [2.05, 4.69) is 16.6 Å². The molecule has 0 unspecified atom stereocenters. The zero-order valence-corrected chi connectivity index (χ0v) is 12.0. The predicted octanol–water partition coefficient (Wildman–Crippen LogP) is 3.22. The van der Waals surface area contributed by atoms with Crippen LogP contribution in [0.2, 0.25) is 0 Å². The molecule has 0 saturated heterocycles. The standard InChI is InChI=1S/C15H15FN2O2S/c1-2-11-17-13-5-7-14(8-6-13)18-21(19,20)15-9-3-12(16)4-10-15/h2-10,17-18H,1,11H2. The first-order chi connectivity index (χ1) is 10.0. The largest absolute Gasteiger partial charge is 0.382 e. The lowest BCUT2D eigenvalue weighted by molar-refractivity contribution is 0.599. The zero-order chi connectivity index (χ0) is 15.3. The molecule has 21 heavy (non-hydrogen) atoms. The van der Waals surface area contributed by atoms with Gasteiger partial charge < -0.3 is 5.32 Å². The summed E-state index contributed by atoms with van der Waals surface area (Å²) in [5.74, 6) is -0.480. The molecule has 0 bridgehead atoms. The summed E-state index contributed by atoms with van der Waals surface area (Å²) in [7, 11) is -3.71. The Bertz CT molecular complexity index is 710. The molecule has 2 aromatic rings. The molecule has 2 rings (SSSR count). The van der Waals surface area contributed by atoms with Crippen molar-refractivity contribution in [2.45, 2.75) is 4.90 Å². The zero-order valence-electron chi connectivity index (χ0n) is 11.2. The van der Waals surface area contributed by atoms with E-state index >= 15 is 0 Å². The van der Waals surface area contributed by atoms with Gasteiger partial charge >= 0.3 is 0 Å². The van der Waals surface area contributed by atoms with Crippen LogP contribution >= 0.6 is 0 Å². The molecule has 6 heteroatoms. The molecule has 2 N–H and O–H groups in total. The molecule has 0 aliphatic heterocycles. The van der Waals surface area contributed by atoms with Gasteiger partial charge in [-0.2, -0.15) is 0 Å². The van der Waals surface area contributed by atoms with Crippen LogP contribution in [0.15, 0.2) is 66.1 Å². The monoisotopic (exact) mass is 306 g/mol. The first-order valence-corrected chi connectivity index (χ1v) is 7.73. The third kappa shape index (κ3) is 4.06. The molecule has 0 radical (unpaired) electrons. The molecule has 0 aromatic heterocycles. The van der Waals surface area contributed by atoms with Gasteiger partial charge in [0.25, 0.3) is 10.0 Å². The Kier molecular flexibility index (Phi) is 4.59. The van der Waals surface area contributed by atoms with Crippen LogP contribution in [0, 0.1) is 5.82 Å². The number of anilines is 2. The molecular formula is C15H15FN2O2S. The third-order valence-electron chi connectivity index (χ3n) is 2.71. The minimum atomic E-state index is -3.71. The van der Waals surface area contributed by atoms with Crippen molar-refractivity contribution in [3.05, 3.63) is 67.0 Å². The SMILES string of the molecule is C=CCNc1ccc(NS(=O)(=O)c2ccc(F)cc2)cc1. The van der Waals surface area contributed by atoms with E-state index in [1.165, 1.54) is 12.1 Å². The van der Waals surface area contributed by atoms with E-state index in [0.29, 0.717) is 12.2 Å². The molecule has 4 nitrogen and oxygen atoms in total. The molecule has 0 saturated carbocycles. The highest BCUT2D eigenvalue weighted by molar-refractivity contribution is 7.92. The fourth-order valence-electron chi connectivity index (χ4n) is 1.67. The summed E-state index contributed by atoms with van der Waals surface area (Å²) in [5.41, 5.74) is 1.29. The second-order valence-electron chi connectivity index (χ2n) is 4.31. The number of hydrogen-bond donors (Lipinski definition) is 2. The van der Waals surface area contributed by atoms with Crippen molar-refractivity contribution in [2.24, 2.45) is 0 Å². The Labute approximate surface area is 123 Å². The van der Waals surface area contributed by atoms with Crippen molar-refractivity contribution in [1.29, 1.82) is 0 Å². The van der Waals surface area contributed by atoms with Crippen molar-refractivity contribution in [2.75, 3.05) is 16.6 Å². The summed E-state index contributed by atoms with van der Waals surface area (Å²) in [5, 5.41) is 3.09. The van der Waals surface area contributed by atoms with Gasteiger partial charge in [-0.3, -0.25) is 4.72 Å². The lowest BCUT2D eigenvalue weighted by atomic mass is 10.3. The Morgan fingerprint density at radius 3 is 2.14 bits per heavy atom. The van der Waals surface area contributed by atoms with Crippen molar-refractivity contribution in [1.82, 2.24) is 0 Å². The predicted molar refractivity (Wildman–Crippen MR) is 82.3 cm³/mol. The number of nitrogens with one attached hydrogen (secondary N) is 2. The van der Waals surface area contributed by atoms with Crippen molar-refractivity contribution in [3.8, 4) is 0 Å². The molecule has 0 atom stereocenters. The summed E-state index contributed by atoms with van der Waals surface area (Å²) >= 11 is 0. The normalized spacial score (nSPS) is 10.9. The van der Waals surface area contributed by atoms with Gasteiger partial charge in [0.05, 0.1) is 4.90 Å². The van der Waals surface area contributed by atoms with Crippen LogP contribution < -0.4 is 10.0 Å². The van der Waals surface area contributed by atoms with Gasteiger partial charge in [-0.05, 0) is 48.5 Å². The highest BCUT2D eigenvalue weighted by atomic mass is 32.2. The molecule has 110 valence electrons. The van der Waals surface area contributed by atoms with Gasteiger partial charge in [0.2, 0.25) is 0 Å². The van der Waals surface area contributed by atoms with Gasteiger partial charge in [0.1, 0.15) is 5.82 Å². The summed E-state index contributed by atoms with van der Waals surface area (Å²) in [6.07, 6.45) is 1.73. The lowest BCUT2D eigenvalue weighted by Crippen LogP contribution is -2.12. The molecule has 2 aromatic carbocycles. The number of benzene rings is 2. The Hall–Kier alpha value is -2.34. The van der Waals surface area contributed by atoms with Crippen LogP contribution in [0.25, 0.3) is 0 Å². The number of hydrogen-bond acceptors (Lipinski definition) is 3. The minimum Gasteiger partial charge on any atom is -0.382 e. The summed E-state index contributed by atoms with van der Waals surface area (Å²) in [6.45, 7) is 4.23. The van der Waals surface area contributed by atoms with Gasteiger partial charge in [-0.1, -0.05) is 6.08 Å². The Balaban J connectivity index is 2.13. The molecule has 0 aliphatic rings. The fourth-order valence-corrected chi connectivity index (χ4v) is 2.73. The maximum atomic E-state index is 12.8. The molecule has 0 fully saturated rings. The van der Waals surface area contributed by atoms with Crippen molar-refractivity contribution < 1.29 is 12.8 Å². The Morgan fingerprint density at radius 1 is 1.00 bits per heavy atom. The van der Waals surface area contributed by atoms with Gasteiger partial charge in [-0.25, -0.2) is 12.8 Å². The van der Waals surface area contributed by atoms with E-state index in [9.17, 15) is 12.8 Å². The average molecular weight is 306 g/mol. The second kappa shape index (κ2) is 6.41. The topological polar surface area (TPSA) is 58.2 Å². The minimum absolute atomic E-state index is 0.0118. The van der Waals surface area contributed by atoms with Gasteiger partial charge in [0, 0.05) is 17.9 Å². The van der Waals surface area contributed by atoms with Gasteiger partial charge in [0.15, 0.2) is 0 Å². The Morgan fingerprint density at radius 2 is 1.57 bits per heavy atom. The third-order valence-corrected chi connectivity index (χ3v) is 4.11. The van der Waals surface area contributed by atoms with Crippen molar-refractivity contribution >= 4 is 21.4 Å². The molecule has 0 spiro atoms. The van der Waals surface area contributed by atoms with Crippen LogP contribution in [0.4, 0.5) is 15.8 Å². The quantitative estimate of drug-likeness (QED) is 0.806. The second-order valence-corrected chi connectivity index (χ2v) is 5.99. The van der Waals surface area contributed by atoms with Crippen molar-refractivity contribution in [3.63, 3.8) is 0 Å². The lowest BCUT2D eigenvalue weighted by Gasteiger charge is -2.09. The summed E-state index contributed by atoms with van der Waals surface area (Å²) in [4.78, 5) is 0.0118. The van der Waals surface area contributed by atoms with E-state index < -0.39 is 15.8 Å². The highest BCUT2D eigenvalue weighted by Gasteiger charge is 2.13. The summed E-state index contributed by atoms with van der Waals surface area (Å²) in [6, 6.07) is 11.5. The van der Waals surface area contributed by atoms with Crippen LogP contribution in [-0.2, 0) is 10.0 Å². The van der Waals surface area contributed by atoms with Crippen LogP contribution in [0.3, 0.4) is 0 Å². The van der Waals surface area contributed by atoms with Crippen LogP contribution in [0.5, 0.6) is 0 Å². The maximum Gasteiger partial charge on any atom is 0.261 e.